The van der Waals surface area contributed by atoms with E-state index in [0.717, 1.165) is 12.7 Å². The number of hydrogen-bond donors (Lipinski definition) is 0. The number of carbonyl (C=O) groups excluding carboxylic acids is 1. The highest BCUT2D eigenvalue weighted by Gasteiger charge is 2.37. The molecule has 0 N–H and O–H groups in total. The van der Waals surface area contributed by atoms with E-state index in [2.05, 4.69) is 0 Å². The minimum absolute atomic E-state index is 0.176. The highest BCUT2D eigenvalue weighted by molar-refractivity contribution is 5.58. The zero-order valence-electron chi connectivity index (χ0n) is 7.65. The van der Waals surface area contributed by atoms with Gasteiger partial charge in [0.15, 0.2) is 0 Å². The van der Waals surface area contributed by atoms with Gasteiger partial charge in [0.25, 0.3) is 0 Å². The second kappa shape index (κ2) is 3.78. The Hall–Kier alpha value is -1.38. The molecule has 14 heavy (non-hydrogen) atoms. The molecule has 0 radical (unpaired) electrons. The molecular formula is C11H11FO2. The molecule has 1 aromatic rings. The Kier molecular flexibility index (Phi) is 2.48. The first kappa shape index (κ1) is 9.19. The van der Waals surface area contributed by atoms with Crippen molar-refractivity contribution in [2.45, 2.75) is 6.42 Å². The maximum absolute atomic E-state index is 12.5. The second-order valence-corrected chi connectivity index (χ2v) is 3.56. The van der Waals surface area contributed by atoms with Gasteiger partial charge in [-0.3, -0.25) is 0 Å². The lowest BCUT2D eigenvalue weighted by Crippen LogP contribution is -2.01. The molecule has 2 unspecified atom stereocenters. The van der Waals surface area contributed by atoms with E-state index >= 15 is 0 Å². The van der Waals surface area contributed by atoms with Gasteiger partial charge < -0.3 is 9.53 Å². The predicted molar refractivity (Wildman–Crippen MR) is 49.6 cm³/mol. The summed E-state index contributed by atoms with van der Waals surface area (Å²) in [6, 6.07) is 5.90. The van der Waals surface area contributed by atoms with Crippen molar-refractivity contribution in [3.05, 3.63) is 30.1 Å². The minimum Gasteiger partial charge on any atom is -0.493 e. The Bertz CT molecular complexity index is 321. The van der Waals surface area contributed by atoms with Crippen molar-refractivity contribution in [1.29, 1.82) is 0 Å². The standard InChI is InChI=1S/C11H11FO2/c12-10-1-3-11(4-2-10)14-7-9-5-8(9)6-13/h1-4,6,8-9H,5,7H2. The lowest BCUT2D eigenvalue weighted by Gasteiger charge is -2.04. The van der Waals surface area contributed by atoms with E-state index < -0.39 is 0 Å². The number of halogens is 1. The number of hydrogen-bond acceptors (Lipinski definition) is 2. The molecule has 2 nitrogen and oxygen atoms in total. The zero-order valence-corrected chi connectivity index (χ0v) is 7.65. The molecule has 0 spiro atoms. The third-order valence-electron chi connectivity index (χ3n) is 2.43. The van der Waals surface area contributed by atoms with Crippen LogP contribution in [0.15, 0.2) is 24.3 Å². The van der Waals surface area contributed by atoms with Gasteiger partial charge in [-0.15, -0.1) is 0 Å². The first-order valence-electron chi connectivity index (χ1n) is 4.63. The molecule has 0 aromatic heterocycles. The van der Waals surface area contributed by atoms with Crippen molar-refractivity contribution in [3.63, 3.8) is 0 Å². The summed E-state index contributed by atoms with van der Waals surface area (Å²) in [6.07, 6.45) is 1.89. The normalized spacial score (nSPS) is 24.4. The van der Waals surface area contributed by atoms with Crippen LogP contribution >= 0.6 is 0 Å². The largest absolute Gasteiger partial charge is 0.493 e. The van der Waals surface area contributed by atoms with Crippen LogP contribution in [0.4, 0.5) is 4.39 Å². The third-order valence-corrected chi connectivity index (χ3v) is 2.43. The summed E-state index contributed by atoms with van der Waals surface area (Å²) in [5.74, 6) is 0.922. The number of rotatable bonds is 4. The van der Waals surface area contributed by atoms with Crippen molar-refractivity contribution in [2.24, 2.45) is 11.8 Å². The summed E-state index contributed by atoms with van der Waals surface area (Å²) >= 11 is 0. The van der Waals surface area contributed by atoms with E-state index in [9.17, 15) is 9.18 Å². The van der Waals surface area contributed by atoms with Gasteiger partial charge in [-0.1, -0.05) is 0 Å². The summed E-state index contributed by atoms with van der Waals surface area (Å²) in [7, 11) is 0. The molecule has 0 aliphatic heterocycles. The van der Waals surface area contributed by atoms with Crippen LogP contribution in [-0.4, -0.2) is 12.9 Å². The van der Waals surface area contributed by atoms with E-state index in [0.29, 0.717) is 18.3 Å². The molecule has 0 amide bonds. The number of aldehydes is 1. The number of ether oxygens (including phenoxy) is 1. The van der Waals surface area contributed by atoms with Crippen LogP contribution < -0.4 is 4.74 Å². The van der Waals surface area contributed by atoms with Crippen LogP contribution in [0.1, 0.15) is 6.42 Å². The fraction of sp³-hybridized carbons (Fsp3) is 0.364. The average Bonchev–Trinajstić information content (AvgIpc) is 2.96. The molecule has 0 saturated heterocycles. The molecule has 2 atom stereocenters. The van der Waals surface area contributed by atoms with Crippen LogP contribution in [0.5, 0.6) is 5.75 Å². The first-order chi connectivity index (χ1) is 6.79. The lowest BCUT2D eigenvalue weighted by atomic mass is 10.3. The molecule has 74 valence electrons. The molecule has 1 aliphatic carbocycles. The van der Waals surface area contributed by atoms with Crippen LogP contribution in [-0.2, 0) is 4.79 Å². The van der Waals surface area contributed by atoms with Gasteiger partial charge in [-0.2, -0.15) is 0 Å². The molecule has 1 aliphatic rings. The van der Waals surface area contributed by atoms with E-state index in [1.54, 1.807) is 12.1 Å². The third kappa shape index (κ3) is 2.10. The fourth-order valence-electron chi connectivity index (χ4n) is 1.36. The van der Waals surface area contributed by atoms with Crippen molar-refractivity contribution < 1.29 is 13.9 Å². The molecular weight excluding hydrogens is 183 g/mol. The van der Waals surface area contributed by atoms with Gasteiger partial charge in [0.2, 0.25) is 0 Å². The first-order valence-corrected chi connectivity index (χ1v) is 4.63. The molecule has 1 saturated carbocycles. The van der Waals surface area contributed by atoms with Crippen molar-refractivity contribution in [3.8, 4) is 5.75 Å². The SMILES string of the molecule is O=CC1CC1COc1ccc(F)cc1. The maximum atomic E-state index is 12.5. The Balaban J connectivity index is 1.81. The molecule has 0 heterocycles. The van der Waals surface area contributed by atoms with Gasteiger partial charge in [-0.25, -0.2) is 4.39 Å². The Labute approximate surface area is 81.7 Å². The van der Waals surface area contributed by atoms with Gasteiger partial charge in [0, 0.05) is 11.8 Å². The van der Waals surface area contributed by atoms with Crippen molar-refractivity contribution in [2.75, 3.05) is 6.61 Å². The zero-order chi connectivity index (χ0) is 9.97. The summed E-state index contributed by atoms with van der Waals surface area (Å²) in [6.45, 7) is 0.551. The van der Waals surface area contributed by atoms with Gasteiger partial charge >= 0.3 is 0 Å². The van der Waals surface area contributed by atoms with Gasteiger partial charge in [0.05, 0.1) is 6.61 Å². The molecule has 2 rings (SSSR count). The Morgan fingerprint density at radius 2 is 2.14 bits per heavy atom. The lowest BCUT2D eigenvalue weighted by molar-refractivity contribution is -0.109. The topological polar surface area (TPSA) is 26.3 Å². The number of carbonyl (C=O) groups is 1. The van der Waals surface area contributed by atoms with Crippen LogP contribution in [0.25, 0.3) is 0 Å². The molecule has 1 aromatic carbocycles. The summed E-state index contributed by atoms with van der Waals surface area (Å²) in [5, 5.41) is 0. The van der Waals surface area contributed by atoms with Crippen molar-refractivity contribution >= 4 is 6.29 Å². The maximum Gasteiger partial charge on any atom is 0.123 e. The summed E-state index contributed by atoms with van der Waals surface area (Å²) in [5.41, 5.74) is 0. The molecule has 3 heteroatoms. The summed E-state index contributed by atoms with van der Waals surface area (Å²) in [4.78, 5) is 10.3. The van der Waals surface area contributed by atoms with E-state index in [4.69, 9.17) is 4.74 Å². The van der Waals surface area contributed by atoms with E-state index in [-0.39, 0.29) is 11.7 Å². The monoisotopic (exact) mass is 194 g/mol. The van der Waals surface area contributed by atoms with Crippen LogP contribution in [0, 0.1) is 17.7 Å². The molecule has 1 fully saturated rings. The van der Waals surface area contributed by atoms with E-state index in [1.165, 1.54) is 12.1 Å². The van der Waals surface area contributed by atoms with Gasteiger partial charge in [-0.05, 0) is 30.7 Å². The average molecular weight is 194 g/mol. The predicted octanol–water partition coefficient (Wildman–Crippen LogP) is 2.04. The Morgan fingerprint density at radius 3 is 2.71 bits per heavy atom. The minimum atomic E-state index is -0.269. The highest BCUT2D eigenvalue weighted by atomic mass is 19.1. The molecule has 0 bridgehead atoms. The van der Waals surface area contributed by atoms with E-state index in [1.807, 2.05) is 0 Å². The number of benzene rings is 1. The summed E-state index contributed by atoms with van der Waals surface area (Å²) < 4.78 is 17.9. The fourth-order valence-corrected chi connectivity index (χ4v) is 1.36. The Morgan fingerprint density at radius 1 is 1.43 bits per heavy atom. The van der Waals surface area contributed by atoms with Crippen LogP contribution in [0.3, 0.4) is 0 Å². The highest BCUT2D eigenvalue weighted by Crippen LogP contribution is 2.36. The second-order valence-electron chi connectivity index (χ2n) is 3.56. The van der Waals surface area contributed by atoms with Crippen molar-refractivity contribution in [1.82, 2.24) is 0 Å². The van der Waals surface area contributed by atoms with Crippen LogP contribution in [0.2, 0.25) is 0 Å². The quantitative estimate of drug-likeness (QED) is 0.685. The van der Waals surface area contributed by atoms with Gasteiger partial charge in [0.1, 0.15) is 17.9 Å². The smallest absolute Gasteiger partial charge is 0.123 e.